The van der Waals surface area contributed by atoms with E-state index >= 15 is 0 Å². The lowest BCUT2D eigenvalue weighted by molar-refractivity contribution is -0.135. The summed E-state index contributed by atoms with van der Waals surface area (Å²) < 4.78 is 9.91. The molecule has 2 aliphatic rings. The van der Waals surface area contributed by atoms with Gasteiger partial charge in [0.25, 0.3) is 0 Å². The maximum absolute atomic E-state index is 11.5. The number of fused-ring (bicyclic) bond motifs is 2. The Morgan fingerprint density at radius 3 is 2.42 bits per heavy atom. The van der Waals surface area contributed by atoms with Gasteiger partial charge in [-0.25, -0.2) is 9.59 Å². The lowest BCUT2D eigenvalue weighted by Gasteiger charge is -2.45. The first-order chi connectivity index (χ1) is 9.08. The maximum Gasteiger partial charge on any atom is 0.407 e. The zero-order valence-electron chi connectivity index (χ0n) is 10.5. The third-order valence-corrected chi connectivity index (χ3v) is 3.45. The number of amides is 1. The Kier molecular flexibility index (Phi) is 3.71. The van der Waals surface area contributed by atoms with E-state index in [0.717, 1.165) is 0 Å². The van der Waals surface area contributed by atoms with E-state index in [2.05, 4.69) is 4.74 Å². The van der Waals surface area contributed by atoms with E-state index < -0.39 is 12.1 Å². The van der Waals surface area contributed by atoms with Crippen LogP contribution in [0.4, 0.5) is 4.79 Å². The molecule has 0 spiro atoms. The minimum atomic E-state index is -0.992. The highest BCUT2D eigenvalue weighted by molar-refractivity contribution is 5.93. The average Bonchev–Trinajstić information content (AvgIpc) is 2.37. The number of nitrogens with zero attached hydrogens (tertiary/aromatic N) is 2. The van der Waals surface area contributed by atoms with Crippen molar-refractivity contribution in [2.75, 3.05) is 20.3 Å². The van der Waals surface area contributed by atoms with Crippen molar-refractivity contribution in [2.24, 2.45) is 0 Å². The molecule has 0 saturated carbocycles. The summed E-state index contributed by atoms with van der Waals surface area (Å²) in [6.07, 6.45) is -0.323. The molecule has 2 aliphatic heterocycles. The molecule has 2 fully saturated rings. The fourth-order valence-corrected chi connectivity index (χ4v) is 2.65. The van der Waals surface area contributed by atoms with Crippen LogP contribution in [0.15, 0.2) is 11.1 Å². The van der Waals surface area contributed by atoms with Gasteiger partial charge in [0.2, 0.25) is 0 Å². The Hall–Kier alpha value is -2.07. The van der Waals surface area contributed by atoms with Gasteiger partial charge in [0.1, 0.15) is 11.6 Å². The number of hydrogen-bond donors (Lipinski definition) is 1. The summed E-state index contributed by atoms with van der Waals surface area (Å²) in [6.45, 7) is 0.568. The van der Waals surface area contributed by atoms with Gasteiger partial charge in [-0.1, -0.05) is 0 Å². The van der Waals surface area contributed by atoms with Crippen molar-refractivity contribution in [3.05, 3.63) is 11.1 Å². The van der Waals surface area contributed by atoms with Gasteiger partial charge in [-0.3, -0.25) is 4.90 Å². The Labute approximate surface area is 110 Å². The molecule has 0 aromatic carbocycles. The van der Waals surface area contributed by atoms with Gasteiger partial charge < -0.3 is 14.6 Å². The van der Waals surface area contributed by atoms with Gasteiger partial charge in [0.15, 0.2) is 0 Å². The fraction of sp³-hybridized carbons (Fsp3) is 0.583. The lowest BCUT2D eigenvalue weighted by atomic mass is 9.87. The topological polar surface area (TPSA) is 99.9 Å². The second-order valence-electron chi connectivity index (χ2n) is 4.53. The first kappa shape index (κ1) is 13.4. The van der Waals surface area contributed by atoms with E-state index in [-0.39, 0.29) is 30.9 Å². The van der Waals surface area contributed by atoms with Crippen LogP contribution in [0.1, 0.15) is 12.8 Å². The highest BCUT2D eigenvalue weighted by Crippen LogP contribution is 2.33. The Balaban J connectivity index is 2.30. The van der Waals surface area contributed by atoms with Gasteiger partial charge in [-0.05, 0) is 18.4 Å². The molecule has 2 bridgehead atoms. The second kappa shape index (κ2) is 5.28. The molecule has 7 nitrogen and oxygen atoms in total. The van der Waals surface area contributed by atoms with Crippen molar-refractivity contribution in [1.29, 1.82) is 5.26 Å². The Morgan fingerprint density at radius 2 is 2.00 bits per heavy atom. The lowest BCUT2D eigenvalue weighted by Crippen LogP contribution is -2.57. The van der Waals surface area contributed by atoms with E-state index in [0.29, 0.717) is 18.4 Å². The highest BCUT2D eigenvalue weighted by Gasteiger charge is 2.41. The quantitative estimate of drug-likeness (QED) is 0.422. The fourth-order valence-electron chi connectivity index (χ4n) is 2.65. The summed E-state index contributed by atoms with van der Waals surface area (Å²) in [6, 6.07) is 1.17. The number of methoxy groups -OCH3 is 1. The molecule has 102 valence electrons. The van der Waals surface area contributed by atoms with Crippen molar-refractivity contribution in [1.82, 2.24) is 4.90 Å². The minimum absolute atomic E-state index is 0.00978. The van der Waals surface area contributed by atoms with Crippen LogP contribution in [0, 0.1) is 11.3 Å². The molecule has 19 heavy (non-hydrogen) atoms. The third kappa shape index (κ3) is 2.39. The number of ether oxygens (including phenoxy) is 2. The Morgan fingerprint density at radius 1 is 1.42 bits per heavy atom. The van der Waals surface area contributed by atoms with E-state index in [4.69, 9.17) is 10.00 Å². The number of carbonyl (C=O) groups excluding carboxylic acids is 1. The van der Waals surface area contributed by atoms with Crippen molar-refractivity contribution in [3.63, 3.8) is 0 Å². The second-order valence-corrected chi connectivity index (χ2v) is 4.53. The SMILES string of the molecule is COC(=O)C(C#N)=C1CC2COCC(C1)N2C(=O)O. The van der Waals surface area contributed by atoms with Crippen molar-refractivity contribution in [3.8, 4) is 6.07 Å². The number of morpholine rings is 1. The first-order valence-electron chi connectivity index (χ1n) is 5.88. The molecular weight excluding hydrogens is 252 g/mol. The van der Waals surface area contributed by atoms with E-state index in [1.807, 2.05) is 6.07 Å². The minimum Gasteiger partial charge on any atom is -0.465 e. The summed E-state index contributed by atoms with van der Waals surface area (Å²) in [5, 5.41) is 18.2. The van der Waals surface area contributed by atoms with Crippen molar-refractivity contribution in [2.45, 2.75) is 24.9 Å². The number of esters is 1. The molecular formula is C12H14N2O5. The van der Waals surface area contributed by atoms with E-state index in [9.17, 15) is 14.7 Å². The monoisotopic (exact) mass is 266 g/mol. The molecule has 0 radical (unpaired) electrons. The van der Waals surface area contributed by atoms with Gasteiger partial charge in [-0.15, -0.1) is 0 Å². The molecule has 2 saturated heterocycles. The molecule has 2 rings (SSSR count). The van der Waals surface area contributed by atoms with Crippen LogP contribution in [0.3, 0.4) is 0 Å². The molecule has 2 heterocycles. The van der Waals surface area contributed by atoms with Crippen LogP contribution in [0.25, 0.3) is 0 Å². The molecule has 2 unspecified atom stereocenters. The number of hydrogen-bond acceptors (Lipinski definition) is 5. The van der Waals surface area contributed by atoms with Crippen LogP contribution in [0.2, 0.25) is 0 Å². The molecule has 2 atom stereocenters. The Bertz CT molecular complexity index is 463. The maximum atomic E-state index is 11.5. The number of rotatable bonds is 1. The normalized spacial score (nSPS) is 25.5. The first-order valence-corrected chi connectivity index (χ1v) is 5.88. The predicted octanol–water partition coefficient (Wildman–Crippen LogP) is 0.521. The van der Waals surface area contributed by atoms with Crippen molar-refractivity contribution < 1.29 is 24.2 Å². The van der Waals surface area contributed by atoms with Gasteiger partial charge in [0.05, 0.1) is 32.4 Å². The summed E-state index contributed by atoms with van der Waals surface area (Å²) in [5.41, 5.74) is 0.648. The molecule has 0 aromatic rings. The van der Waals surface area contributed by atoms with Gasteiger partial charge in [0, 0.05) is 0 Å². The van der Waals surface area contributed by atoms with Crippen LogP contribution < -0.4 is 0 Å². The standard InChI is InChI=1S/C12H14N2O5/c1-18-11(15)10(4-13)7-2-8-5-19-6-9(3-7)14(8)12(16)17/h8-9H,2-3,5-6H2,1H3,(H,16,17). The van der Waals surface area contributed by atoms with E-state index in [1.165, 1.54) is 12.0 Å². The predicted molar refractivity (Wildman–Crippen MR) is 62.1 cm³/mol. The van der Waals surface area contributed by atoms with Crippen LogP contribution >= 0.6 is 0 Å². The summed E-state index contributed by atoms with van der Waals surface area (Å²) in [5.74, 6) is -0.666. The van der Waals surface area contributed by atoms with E-state index in [1.54, 1.807) is 0 Å². The zero-order chi connectivity index (χ0) is 14.0. The molecule has 0 aliphatic carbocycles. The molecule has 1 amide bonds. The summed E-state index contributed by atoms with van der Waals surface area (Å²) >= 11 is 0. The molecule has 1 N–H and O–H groups in total. The van der Waals surface area contributed by atoms with Crippen LogP contribution in [-0.4, -0.2) is 54.5 Å². The number of carboxylic acid groups (broad SMARTS) is 1. The zero-order valence-corrected chi connectivity index (χ0v) is 10.5. The van der Waals surface area contributed by atoms with Crippen LogP contribution in [-0.2, 0) is 14.3 Å². The molecule has 7 heteroatoms. The average molecular weight is 266 g/mol. The van der Waals surface area contributed by atoms with Gasteiger partial charge >= 0.3 is 12.1 Å². The third-order valence-electron chi connectivity index (χ3n) is 3.45. The number of piperidine rings is 1. The largest absolute Gasteiger partial charge is 0.465 e. The summed E-state index contributed by atoms with van der Waals surface area (Å²) in [7, 11) is 1.22. The van der Waals surface area contributed by atoms with Gasteiger partial charge in [-0.2, -0.15) is 5.26 Å². The van der Waals surface area contributed by atoms with Crippen molar-refractivity contribution >= 4 is 12.1 Å². The number of nitriles is 1. The number of carbonyl (C=O) groups is 2. The van der Waals surface area contributed by atoms with Crippen LogP contribution in [0.5, 0.6) is 0 Å². The summed E-state index contributed by atoms with van der Waals surface area (Å²) in [4.78, 5) is 24.1. The smallest absolute Gasteiger partial charge is 0.407 e. The molecule has 0 aromatic heterocycles. The highest BCUT2D eigenvalue weighted by atomic mass is 16.5.